The zero-order valence-corrected chi connectivity index (χ0v) is 15.2. The number of rotatable bonds is 2. The van der Waals surface area contributed by atoms with Gasteiger partial charge in [-0.1, -0.05) is 0 Å². The lowest BCUT2D eigenvalue weighted by atomic mass is 10.0. The highest BCUT2D eigenvalue weighted by atomic mass is 19.4. The smallest absolute Gasteiger partial charge is 0.417 e. The number of nitrogens with zero attached hydrogens (tertiary/aromatic N) is 2. The molecule has 0 aliphatic carbocycles. The average molecular weight is 383 g/mol. The van der Waals surface area contributed by atoms with Crippen molar-refractivity contribution in [2.75, 3.05) is 18.4 Å². The Hall–Kier alpha value is -2.76. The molecule has 1 aromatic carbocycles. The SMILES string of the molecule is CC(C)(C)OC(=O)N1CC(=O)C[C@@H](Nc2ccc(C#N)c(C(F)(F)F)c2)C1. The number of alkyl halides is 3. The van der Waals surface area contributed by atoms with Crippen molar-refractivity contribution in [1.82, 2.24) is 4.90 Å². The molecule has 1 fully saturated rings. The van der Waals surface area contributed by atoms with Crippen LogP contribution in [0.3, 0.4) is 0 Å². The molecule has 0 radical (unpaired) electrons. The number of piperidine rings is 1. The fraction of sp³-hybridized carbons (Fsp3) is 0.500. The molecule has 0 unspecified atom stereocenters. The number of ketones is 1. The van der Waals surface area contributed by atoms with Crippen molar-refractivity contribution < 1.29 is 27.5 Å². The summed E-state index contributed by atoms with van der Waals surface area (Å²) in [5.74, 6) is -0.228. The van der Waals surface area contributed by atoms with Crippen molar-refractivity contribution in [3.63, 3.8) is 0 Å². The first kappa shape index (κ1) is 20.6. The maximum absolute atomic E-state index is 13.1. The van der Waals surface area contributed by atoms with E-state index in [4.69, 9.17) is 10.00 Å². The van der Waals surface area contributed by atoms with E-state index in [1.54, 1.807) is 20.8 Å². The van der Waals surface area contributed by atoms with Gasteiger partial charge in [-0.3, -0.25) is 9.69 Å². The van der Waals surface area contributed by atoms with Crippen molar-refractivity contribution in [2.24, 2.45) is 0 Å². The maximum Gasteiger partial charge on any atom is 0.417 e. The van der Waals surface area contributed by atoms with Gasteiger partial charge in [-0.25, -0.2) is 4.79 Å². The number of Topliss-reactive ketones (excluding diaryl/α,β-unsaturated/α-hetero) is 1. The van der Waals surface area contributed by atoms with Crippen LogP contribution in [-0.2, 0) is 15.7 Å². The van der Waals surface area contributed by atoms with Gasteiger partial charge in [0, 0.05) is 18.7 Å². The minimum Gasteiger partial charge on any atom is -0.444 e. The normalized spacial score (nSPS) is 18.0. The summed E-state index contributed by atoms with van der Waals surface area (Å²) in [4.78, 5) is 25.3. The van der Waals surface area contributed by atoms with Gasteiger partial charge in [0.1, 0.15) is 5.60 Å². The quantitative estimate of drug-likeness (QED) is 0.844. The maximum atomic E-state index is 13.1. The van der Waals surface area contributed by atoms with Gasteiger partial charge >= 0.3 is 12.3 Å². The Bertz CT molecular complexity index is 779. The molecule has 6 nitrogen and oxygen atoms in total. The molecule has 1 atom stereocenters. The van der Waals surface area contributed by atoms with Crippen LogP contribution < -0.4 is 5.32 Å². The molecule has 1 heterocycles. The van der Waals surface area contributed by atoms with Gasteiger partial charge in [0.15, 0.2) is 5.78 Å². The molecule has 0 aromatic heterocycles. The number of carbonyl (C=O) groups excluding carboxylic acids is 2. The molecule has 0 bridgehead atoms. The molecule has 2 rings (SSSR count). The standard InChI is InChI=1S/C18H20F3N3O3/c1-17(2,3)27-16(26)24-9-13(6-14(25)10-24)23-12-5-4-11(8-22)15(7-12)18(19,20)21/h4-5,7,13,23H,6,9-10H2,1-3H3/t13-/m1/s1. The van der Waals surface area contributed by atoms with Gasteiger partial charge in [-0.2, -0.15) is 18.4 Å². The van der Waals surface area contributed by atoms with Crippen LogP contribution in [0.5, 0.6) is 0 Å². The van der Waals surface area contributed by atoms with E-state index in [1.165, 1.54) is 17.0 Å². The first-order valence-corrected chi connectivity index (χ1v) is 8.26. The number of hydrogen-bond acceptors (Lipinski definition) is 5. The highest BCUT2D eigenvalue weighted by Gasteiger charge is 2.35. The molecule has 1 aromatic rings. The minimum atomic E-state index is -4.67. The largest absolute Gasteiger partial charge is 0.444 e. The van der Waals surface area contributed by atoms with E-state index in [2.05, 4.69) is 5.32 Å². The van der Waals surface area contributed by atoms with E-state index < -0.39 is 35.0 Å². The van der Waals surface area contributed by atoms with Crippen LogP contribution in [0.4, 0.5) is 23.7 Å². The summed E-state index contributed by atoms with van der Waals surface area (Å²) >= 11 is 0. The molecule has 0 spiro atoms. The summed E-state index contributed by atoms with van der Waals surface area (Å²) in [7, 11) is 0. The molecular weight excluding hydrogens is 363 g/mol. The molecular formula is C18H20F3N3O3. The van der Waals surface area contributed by atoms with Crippen LogP contribution in [0.25, 0.3) is 0 Å². The lowest BCUT2D eigenvalue weighted by Crippen LogP contribution is -2.50. The zero-order chi connectivity index (χ0) is 20.4. The third-order valence-electron chi connectivity index (χ3n) is 3.75. The fourth-order valence-electron chi connectivity index (χ4n) is 2.71. The number of nitriles is 1. The number of benzene rings is 1. The molecule has 1 saturated heterocycles. The van der Waals surface area contributed by atoms with Gasteiger partial charge < -0.3 is 10.1 Å². The van der Waals surface area contributed by atoms with E-state index in [0.29, 0.717) is 0 Å². The van der Waals surface area contributed by atoms with Gasteiger partial charge in [0.2, 0.25) is 0 Å². The van der Waals surface area contributed by atoms with Crippen LogP contribution >= 0.6 is 0 Å². The number of ether oxygens (including phenoxy) is 1. The molecule has 1 aliphatic heterocycles. The van der Waals surface area contributed by atoms with Crippen LogP contribution in [0.2, 0.25) is 0 Å². The van der Waals surface area contributed by atoms with Crippen LogP contribution in [0, 0.1) is 11.3 Å². The summed E-state index contributed by atoms with van der Waals surface area (Å²) < 4.78 is 44.5. The lowest BCUT2D eigenvalue weighted by molar-refractivity contribution is -0.137. The number of carbonyl (C=O) groups is 2. The minimum absolute atomic E-state index is 0.0701. The highest BCUT2D eigenvalue weighted by molar-refractivity contribution is 5.86. The van der Waals surface area contributed by atoms with E-state index >= 15 is 0 Å². The summed E-state index contributed by atoms with van der Waals surface area (Å²) in [6.07, 6.45) is -5.26. The molecule has 0 saturated carbocycles. The number of anilines is 1. The van der Waals surface area contributed by atoms with E-state index in [-0.39, 0.29) is 31.0 Å². The first-order chi connectivity index (χ1) is 12.4. The predicted octanol–water partition coefficient (Wildman–Crippen LogP) is 3.57. The van der Waals surface area contributed by atoms with E-state index in [1.807, 2.05) is 0 Å². The number of hydrogen-bond donors (Lipinski definition) is 1. The van der Waals surface area contributed by atoms with Crippen molar-refractivity contribution in [2.45, 2.75) is 45.0 Å². The molecule has 9 heteroatoms. The fourth-order valence-corrected chi connectivity index (χ4v) is 2.71. The number of amides is 1. The molecule has 1 amide bonds. The van der Waals surface area contributed by atoms with Gasteiger partial charge in [0.05, 0.1) is 29.8 Å². The summed E-state index contributed by atoms with van der Waals surface area (Å²) in [6, 6.07) is 4.19. The Morgan fingerprint density at radius 2 is 2.00 bits per heavy atom. The lowest BCUT2D eigenvalue weighted by Gasteiger charge is -2.34. The average Bonchev–Trinajstić information content (AvgIpc) is 2.52. The second kappa shape index (κ2) is 7.47. The van der Waals surface area contributed by atoms with Crippen molar-refractivity contribution in [1.29, 1.82) is 5.26 Å². The third kappa shape index (κ3) is 5.61. The second-order valence-corrected chi connectivity index (χ2v) is 7.31. The van der Waals surface area contributed by atoms with Crippen molar-refractivity contribution >= 4 is 17.6 Å². The molecule has 1 N–H and O–H groups in total. The van der Waals surface area contributed by atoms with Crippen LogP contribution in [-0.4, -0.2) is 41.5 Å². The number of likely N-dealkylation sites (tertiary alicyclic amines) is 1. The summed E-state index contributed by atoms with van der Waals surface area (Å²) in [5, 5.41) is 11.7. The topological polar surface area (TPSA) is 82.4 Å². The summed E-state index contributed by atoms with van der Waals surface area (Å²) in [5.41, 5.74) is -2.15. The Kier molecular flexibility index (Phi) is 5.68. The van der Waals surface area contributed by atoms with Crippen LogP contribution in [0.1, 0.15) is 38.3 Å². The predicted molar refractivity (Wildman–Crippen MR) is 91.0 cm³/mol. The van der Waals surface area contributed by atoms with E-state index in [0.717, 1.165) is 12.1 Å². The zero-order valence-electron chi connectivity index (χ0n) is 15.2. The Balaban J connectivity index is 2.16. The molecule has 27 heavy (non-hydrogen) atoms. The van der Waals surface area contributed by atoms with Gasteiger partial charge in [-0.05, 0) is 39.0 Å². The van der Waals surface area contributed by atoms with Crippen LogP contribution in [0.15, 0.2) is 18.2 Å². The summed E-state index contributed by atoms with van der Waals surface area (Å²) in [6.45, 7) is 5.10. The van der Waals surface area contributed by atoms with Gasteiger partial charge in [0.25, 0.3) is 0 Å². The van der Waals surface area contributed by atoms with Crippen molar-refractivity contribution in [3.8, 4) is 6.07 Å². The second-order valence-electron chi connectivity index (χ2n) is 7.31. The first-order valence-electron chi connectivity index (χ1n) is 8.26. The molecule has 146 valence electrons. The Morgan fingerprint density at radius 1 is 1.33 bits per heavy atom. The third-order valence-corrected chi connectivity index (χ3v) is 3.75. The Labute approximate surface area is 154 Å². The monoisotopic (exact) mass is 383 g/mol. The Morgan fingerprint density at radius 3 is 2.56 bits per heavy atom. The van der Waals surface area contributed by atoms with E-state index in [9.17, 15) is 22.8 Å². The number of halogens is 3. The number of nitrogens with one attached hydrogen (secondary N) is 1. The highest BCUT2D eigenvalue weighted by Crippen LogP contribution is 2.34. The molecule has 1 aliphatic rings. The van der Waals surface area contributed by atoms with Gasteiger partial charge in [-0.15, -0.1) is 0 Å². The van der Waals surface area contributed by atoms with Crippen molar-refractivity contribution in [3.05, 3.63) is 29.3 Å².